The number of hydrogen-bond acceptors (Lipinski definition) is 15. The van der Waals surface area contributed by atoms with Gasteiger partial charge >= 0.3 is 39.5 Å². The smallest absolute Gasteiger partial charge is 0.462 e. The summed E-state index contributed by atoms with van der Waals surface area (Å²) >= 11 is 0. The van der Waals surface area contributed by atoms with Crippen LogP contribution in [0.2, 0.25) is 0 Å². The molecule has 0 aliphatic rings. The van der Waals surface area contributed by atoms with Crippen molar-refractivity contribution >= 4 is 39.5 Å². The Balaban J connectivity index is 5.19. The van der Waals surface area contributed by atoms with Crippen molar-refractivity contribution in [1.29, 1.82) is 0 Å². The predicted molar refractivity (Wildman–Crippen MR) is 358 cm³/mol. The Morgan fingerprint density at radius 3 is 0.921 bits per heavy atom. The van der Waals surface area contributed by atoms with Gasteiger partial charge in [-0.05, 0) is 57.3 Å². The Bertz CT molecular complexity index is 1810. The second-order valence-electron chi connectivity index (χ2n) is 25.1. The highest BCUT2D eigenvalue weighted by atomic mass is 31.2. The lowest BCUT2D eigenvalue weighted by molar-refractivity contribution is -0.161. The summed E-state index contributed by atoms with van der Waals surface area (Å²) in [7, 11) is -9.90. The van der Waals surface area contributed by atoms with Crippen molar-refractivity contribution in [3.8, 4) is 0 Å². The van der Waals surface area contributed by atoms with Gasteiger partial charge in [-0.15, -0.1) is 0 Å². The van der Waals surface area contributed by atoms with Crippen LogP contribution in [0, 0.1) is 5.92 Å². The molecule has 0 rings (SSSR count). The third-order valence-electron chi connectivity index (χ3n) is 15.7. The van der Waals surface area contributed by atoms with Crippen molar-refractivity contribution in [2.24, 2.45) is 5.92 Å². The van der Waals surface area contributed by atoms with E-state index >= 15 is 0 Å². The largest absolute Gasteiger partial charge is 0.472 e. The van der Waals surface area contributed by atoms with Gasteiger partial charge in [0.25, 0.3) is 0 Å². The number of carbonyl (C=O) groups excluding carboxylic acids is 4. The number of esters is 4. The SMILES string of the molecule is CCCCCC/C=C\C=C/CCCCCCCC(=O)OC[C@H](COP(=O)(O)OC[C@@H](O)COP(=O)(O)OC[C@@H](COC(=O)CCCCCCCCC)OC(=O)CCCCCCCCCC)OC(=O)CCCCCCCCCCCCCCCCCCC(C)C. The maximum atomic E-state index is 13.0. The molecule has 0 aromatic carbocycles. The first-order valence-corrected chi connectivity index (χ1v) is 38.9. The van der Waals surface area contributed by atoms with E-state index in [0.29, 0.717) is 25.7 Å². The summed E-state index contributed by atoms with van der Waals surface area (Å²) in [5.41, 5.74) is 0. The first-order valence-electron chi connectivity index (χ1n) is 36.0. The summed E-state index contributed by atoms with van der Waals surface area (Å²) in [6, 6.07) is 0. The maximum absolute atomic E-state index is 13.0. The highest BCUT2D eigenvalue weighted by molar-refractivity contribution is 7.47. The summed E-state index contributed by atoms with van der Waals surface area (Å²) in [4.78, 5) is 72.2. The van der Waals surface area contributed by atoms with Crippen LogP contribution in [0.1, 0.15) is 336 Å². The number of phosphoric acid groups is 2. The number of aliphatic hydroxyl groups excluding tert-OH is 1. The zero-order valence-corrected chi connectivity index (χ0v) is 58.8. The fourth-order valence-electron chi connectivity index (χ4n) is 10.1. The molecule has 0 aromatic heterocycles. The third kappa shape index (κ3) is 64.1. The average molecular weight is 1310 g/mol. The van der Waals surface area contributed by atoms with E-state index in [-0.39, 0.29) is 25.7 Å². The van der Waals surface area contributed by atoms with Crippen LogP contribution in [-0.4, -0.2) is 96.7 Å². The lowest BCUT2D eigenvalue weighted by Gasteiger charge is -2.21. The van der Waals surface area contributed by atoms with E-state index < -0.39 is 97.5 Å². The van der Waals surface area contributed by atoms with E-state index in [4.69, 9.17) is 37.0 Å². The Morgan fingerprint density at radius 1 is 0.348 bits per heavy atom. The molecule has 0 radical (unpaired) electrons. The Labute approximate surface area is 542 Å². The van der Waals surface area contributed by atoms with Crippen LogP contribution in [0.25, 0.3) is 0 Å². The molecule has 5 atom stereocenters. The molecule has 0 amide bonds. The fraction of sp³-hybridized carbons (Fsp3) is 0.886. The van der Waals surface area contributed by atoms with E-state index in [9.17, 15) is 43.2 Å². The molecule has 524 valence electrons. The van der Waals surface area contributed by atoms with Crippen LogP contribution in [-0.2, 0) is 65.4 Å². The summed E-state index contributed by atoms with van der Waals surface area (Å²) in [6.07, 6.45) is 52.4. The summed E-state index contributed by atoms with van der Waals surface area (Å²) < 4.78 is 68.0. The molecule has 0 aliphatic carbocycles. The van der Waals surface area contributed by atoms with Crippen molar-refractivity contribution in [2.45, 2.75) is 355 Å². The molecule has 17 nitrogen and oxygen atoms in total. The van der Waals surface area contributed by atoms with Gasteiger partial charge < -0.3 is 33.8 Å². The van der Waals surface area contributed by atoms with Gasteiger partial charge in [-0.3, -0.25) is 37.3 Å². The molecule has 0 saturated heterocycles. The molecule has 0 aliphatic heterocycles. The molecule has 0 bridgehead atoms. The van der Waals surface area contributed by atoms with Gasteiger partial charge in [-0.1, -0.05) is 284 Å². The van der Waals surface area contributed by atoms with Gasteiger partial charge in [0, 0.05) is 25.7 Å². The summed E-state index contributed by atoms with van der Waals surface area (Å²) in [6.45, 7) is 7.13. The number of carbonyl (C=O) groups is 4. The number of hydrogen-bond donors (Lipinski definition) is 3. The first kappa shape index (κ1) is 86.5. The van der Waals surface area contributed by atoms with Crippen molar-refractivity contribution < 1.29 is 80.2 Å². The number of rotatable bonds is 68. The molecule has 0 heterocycles. The van der Waals surface area contributed by atoms with Crippen LogP contribution in [0.5, 0.6) is 0 Å². The monoisotopic (exact) mass is 1310 g/mol. The molecule has 89 heavy (non-hydrogen) atoms. The van der Waals surface area contributed by atoms with E-state index in [1.54, 1.807) is 0 Å². The zero-order chi connectivity index (χ0) is 65.6. The van der Waals surface area contributed by atoms with Gasteiger partial charge in [0.1, 0.15) is 19.3 Å². The highest BCUT2D eigenvalue weighted by Crippen LogP contribution is 2.45. The minimum absolute atomic E-state index is 0.101. The minimum Gasteiger partial charge on any atom is -0.462 e. The molecule has 19 heteroatoms. The number of ether oxygens (including phenoxy) is 4. The van der Waals surface area contributed by atoms with Gasteiger partial charge in [-0.25, -0.2) is 9.13 Å². The second-order valence-corrected chi connectivity index (χ2v) is 28.0. The van der Waals surface area contributed by atoms with E-state index in [2.05, 4.69) is 58.9 Å². The molecular weight excluding hydrogens is 1170 g/mol. The molecule has 0 aromatic rings. The van der Waals surface area contributed by atoms with Crippen molar-refractivity contribution in [3.05, 3.63) is 24.3 Å². The molecule has 0 spiro atoms. The van der Waals surface area contributed by atoms with Crippen molar-refractivity contribution in [1.82, 2.24) is 0 Å². The first-order chi connectivity index (χ1) is 43.0. The van der Waals surface area contributed by atoms with Crippen LogP contribution >= 0.6 is 15.6 Å². The van der Waals surface area contributed by atoms with Crippen LogP contribution < -0.4 is 0 Å². The summed E-state index contributed by atoms with van der Waals surface area (Å²) in [5.74, 6) is -1.35. The van der Waals surface area contributed by atoms with Crippen molar-refractivity contribution in [3.63, 3.8) is 0 Å². The minimum atomic E-state index is -4.96. The molecular formula is C70H132O17P2. The predicted octanol–water partition coefficient (Wildman–Crippen LogP) is 19.7. The van der Waals surface area contributed by atoms with Crippen LogP contribution in [0.15, 0.2) is 24.3 Å². The summed E-state index contributed by atoms with van der Waals surface area (Å²) in [5, 5.41) is 10.5. The number of allylic oxidation sites excluding steroid dienone is 4. The zero-order valence-electron chi connectivity index (χ0n) is 57.0. The Hall–Kier alpha value is -2.46. The van der Waals surface area contributed by atoms with Gasteiger partial charge in [-0.2, -0.15) is 0 Å². The lowest BCUT2D eigenvalue weighted by atomic mass is 10.0. The van der Waals surface area contributed by atoms with Gasteiger partial charge in [0.05, 0.1) is 26.4 Å². The van der Waals surface area contributed by atoms with Gasteiger partial charge in [0.2, 0.25) is 0 Å². The fourth-order valence-corrected chi connectivity index (χ4v) is 11.7. The standard InChI is InChI=1S/C70H132O17P2/c1-6-9-12-15-18-20-21-22-25-29-32-35-40-44-49-54-68(73)81-60-66(87-70(75)56-51-46-41-36-33-30-27-24-23-26-28-31-34-38-42-47-52-63(4)5)62-85-89(78,79)83-58-64(71)57-82-88(76,77)84-61-65(59-80-67(72)53-48-43-37-17-14-11-8-3)86-69(74)55-50-45-39-19-16-13-10-7-2/h20-22,25,63-66,71H,6-19,23-24,26-62H2,1-5H3,(H,76,77)(H,78,79)/b21-20-,25-22-/t64-,65+,66+/m0/s1. The topological polar surface area (TPSA) is 237 Å². The molecule has 3 N–H and O–H groups in total. The number of unbranched alkanes of at least 4 members (excludes halogenated alkanes) is 37. The van der Waals surface area contributed by atoms with E-state index in [1.807, 2.05) is 0 Å². The highest BCUT2D eigenvalue weighted by Gasteiger charge is 2.30. The van der Waals surface area contributed by atoms with Crippen LogP contribution in [0.4, 0.5) is 0 Å². The Morgan fingerprint density at radius 2 is 0.607 bits per heavy atom. The van der Waals surface area contributed by atoms with Crippen LogP contribution in [0.3, 0.4) is 0 Å². The lowest BCUT2D eigenvalue weighted by Crippen LogP contribution is -2.30. The Kier molecular flexibility index (Phi) is 61.2. The normalized spacial score (nSPS) is 14.3. The molecule has 2 unspecified atom stereocenters. The van der Waals surface area contributed by atoms with E-state index in [1.165, 1.54) is 122 Å². The molecule has 0 fully saturated rings. The average Bonchev–Trinajstić information content (AvgIpc) is 3.68. The number of phosphoric ester groups is 2. The van der Waals surface area contributed by atoms with Gasteiger partial charge in [0.15, 0.2) is 12.2 Å². The second kappa shape index (κ2) is 63.0. The number of aliphatic hydroxyl groups is 1. The molecule has 0 saturated carbocycles. The van der Waals surface area contributed by atoms with E-state index in [0.717, 1.165) is 134 Å². The third-order valence-corrected chi connectivity index (χ3v) is 17.6. The quantitative estimate of drug-likeness (QED) is 0.0169. The maximum Gasteiger partial charge on any atom is 0.472 e. The van der Waals surface area contributed by atoms with Crippen molar-refractivity contribution in [2.75, 3.05) is 39.6 Å².